The lowest BCUT2D eigenvalue weighted by molar-refractivity contribution is -0.126. The third-order valence-corrected chi connectivity index (χ3v) is 4.13. The molecule has 2 N–H and O–H groups in total. The van der Waals surface area contributed by atoms with Crippen LogP contribution in [0.4, 0.5) is 4.39 Å². The fraction of sp³-hybridized carbons (Fsp3) is 0.438. The fourth-order valence-corrected chi connectivity index (χ4v) is 2.81. The molecule has 120 valence electrons. The molecular weight excluding hydrogens is 307 g/mol. The summed E-state index contributed by atoms with van der Waals surface area (Å²) in [6.45, 7) is 4.02. The van der Waals surface area contributed by atoms with Gasteiger partial charge in [0, 0.05) is 16.9 Å². The second kappa shape index (κ2) is 7.11. The second-order valence-corrected chi connectivity index (χ2v) is 5.53. The van der Waals surface area contributed by atoms with E-state index in [4.69, 9.17) is 4.42 Å². The third kappa shape index (κ3) is 3.42. The molecule has 1 aliphatic heterocycles. The molecule has 1 aliphatic rings. The molecule has 1 fully saturated rings. The molecule has 22 heavy (non-hydrogen) atoms. The summed E-state index contributed by atoms with van der Waals surface area (Å²) in [4.78, 5) is 12.1. The van der Waals surface area contributed by atoms with Crippen molar-refractivity contribution in [3.8, 4) is 0 Å². The van der Waals surface area contributed by atoms with Gasteiger partial charge in [-0.25, -0.2) is 4.39 Å². The lowest BCUT2D eigenvalue weighted by atomic mass is 9.97. The van der Waals surface area contributed by atoms with Crippen LogP contribution in [0.3, 0.4) is 0 Å². The molecule has 2 aromatic rings. The number of rotatable bonds is 3. The standard InChI is InChI=1S/C16H19FN2O2.ClH/c1-10-13-8-12(17)2-3-14(13)21-15(10)9-19-16(20)11-4-6-18-7-5-11;/h2-3,8,11,18H,4-7,9H2,1H3,(H,19,20);1H. The van der Waals surface area contributed by atoms with Crippen molar-refractivity contribution in [2.24, 2.45) is 5.92 Å². The van der Waals surface area contributed by atoms with Crippen LogP contribution >= 0.6 is 12.4 Å². The first kappa shape index (κ1) is 16.8. The van der Waals surface area contributed by atoms with Gasteiger partial charge in [-0.15, -0.1) is 12.4 Å². The van der Waals surface area contributed by atoms with Gasteiger partial charge < -0.3 is 15.1 Å². The Balaban J connectivity index is 0.00000176. The molecule has 0 atom stereocenters. The lowest BCUT2D eigenvalue weighted by Gasteiger charge is -2.21. The summed E-state index contributed by atoms with van der Waals surface area (Å²) < 4.78 is 19.0. The molecule has 2 heterocycles. The molecule has 0 unspecified atom stereocenters. The summed E-state index contributed by atoms with van der Waals surface area (Å²) in [5.74, 6) is 0.561. The number of amides is 1. The van der Waals surface area contributed by atoms with E-state index in [-0.39, 0.29) is 30.0 Å². The summed E-state index contributed by atoms with van der Waals surface area (Å²) in [5.41, 5.74) is 1.54. The number of fused-ring (bicyclic) bond motifs is 1. The van der Waals surface area contributed by atoms with E-state index < -0.39 is 0 Å². The molecule has 0 spiro atoms. The number of hydrogen-bond donors (Lipinski definition) is 2. The van der Waals surface area contributed by atoms with Crippen LogP contribution in [-0.4, -0.2) is 19.0 Å². The van der Waals surface area contributed by atoms with Crippen LogP contribution in [0.15, 0.2) is 22.6 Å². The SMILES string of the molecule is Cc1c(CNC(=O)C2CCNCC2)oc2ccc(F)cc12.Cl. The topological polar surface area (TPSA) is 54.3 Å². The van der Waals surface area contributed by atoms with Crippen molar-refractivity contribution in [1.29, 1.82) is 0 Å². The fourth-order valence-electron chi connectivity index (χ4n) is 2.81. The van der Waals surface area contributed by atoms with Gasteiger partial charge in [0.25, 0.3) is 0 Å². The molecule has 4 nitrogen and oxygen atoms in total. The van der Waals surface area contributed by atoms with Crippen molar-refractivity contribution in [3.05, 3.63) is 35.3 Å². The normalized spacial score (nSPS) is 15.5. The maximum atomic E-state index is 13.3. The van der Waals surface area contributed by atoms with Crippen molar-refractivity contribution in [1.82, 2.24) is 10.6 Å². The summed E-state index contributed by atoms with van der Waals surface area (Å²) in [6.07, 6.45) is 1.74. The van der Waals surface area contributed by atoms with Gasteiger partial charge in [-0.05, 0) is 51.1 Å². The van der Waals surface area contributed by atoms with Gasteiger partial charge in [0.05, 0.1) is 6.54 Å². The molecular formula is C16H20ClFN2O2. The van der Waals surface area contributed by atoms with Crippen LogP contribution in [0.5, 0.6) is 0 Å². The number of halogens is 2. The summed E-state index contributed by atoms with van der Waals surface area (Å²) in [6, 6.07) is 4.46. The lowest BCUT2D eigenvalue weighted by Crippen LogP contribution is -2.37. The van der Waals surface area contributed by atoms with E-state index in [9.17, 15) is 9.18 Å². The highest BCUT2D eigenvalue weighted by atomic mass is 35.5. The zero-order valence-electron chi connectivity index (χ0n) is 12.4. The average molecular weight is 327 g/mol. The predicted octanol–water partition coefficient (Wildman–Crippen LogP) is 2.92. The number of benzene rings is 1. The highest BCUT2D eigenvalue weighted by Gasteiger charge is 2.21. The first-order chi connectivity index (χ1) is 10.1. The largest absolute Gasteiger partial charge is 0.459 e. The molecule has 0 bridgehead atoms. The number of carbonyl (C=O) groups is 1. The van der Waals surface area contributed by atoms with E-state index in [0.717, 1.165) is 36.9 Å². The quantitative estimate of drug-likeness (QED) is 0.912. The Labute approximate surface area is 134 Å². The van der Waals surface area contributed by atoms with Gasteiger partial charge in [-0.3, -0.25) is 4.79 Å². The highest BCUT2D eigenvalue weighted by molar-refractivity contribution is 5.85. The van der Waals surface area contributed by atoms with Crippen LogP contribution in [0, 0.1) is 18.7 Å². The minimum Gasteiger partial charge on any atom is -0.459 e. The first-order valence-corrected chi connectivity index (χ1v) is 7.31. The van der Waals surface area contributed by atoms with Crippen molar-refractivity contribution < 1.29 is 13.6 Å². The molecule has 0 aliphatic carbocycles. The molecule has 0 saturated carbocycles. The number of hydrogen-bond acceptors (Lipinski definition) is 3. The Morgan fingerprint density at radius 1 is 1.41 bits per heavy atom. The van der Waals surface area contributed by atoms with Gasteiger partial charge >= 0.3 is 0 Å². The van der Waals surface area contributed by atoms with E-state index in [1.807, 2.05) is 6.92 Å². The number of carbonyl (C=O) groups excluding carboxylic acids is 1. The van der Waals surface area contributed by atoms with Crippen LogP contribution in [0.2, 0.25) is 0 Å². The van der Waals surface area contributed by atoms with E-state index in [0.29, 0.717) is 17.9 Å². The van der Waals surface area contributed by atoms with Crippen molar-refractivity contribution in [3.63, 3.8) is 0 Å². The van der Waals surface area contributed by atoms with Gasteiger partial charge in [-0.1, -0.05) is 0 Å². The van der Waals surface area contributed by atoms with Crippen molar-refractivity contribution in [2.75, 3.05) is 13.1 Å². The average Bonchev–Trinajstić information content (AvgIpc) is 2.82. The highest BCUT2D eigenvalue weighted by Crippen LogP contribution is 2.26. The zero-order valence-corrected chi connectivity index (χ0v) is 13.3. The molecule has 1 aromatic heterocycles. The third-order valence-electron chi connectivity index (χ3n) is 4.13. The predicted molar refractivity (Wildman–Crippen MR) is 85.6 cm³/mol. The van der Waals surface area contributed by atoms with Crippen LogP contribution in [0.1, 0.15) is 24.2 Å². The minimum absolute atomic E-state index is 0. The Morgan fingerprint density at radius 3 is 2.86 bits per heavy atom. The monoisotopic (exact) mass is 326 g/mol. The van der Waals surface area contributed by atoms with Crippen LogP contribution < -0.4 is 10.6 Å². The maximum absolute atomic E-state index is 13.3. The second-order valence-electron chi connectivity index (χ2n) is 5.53. The Kier molecular flexibility index (Phi) is 5.42. The summed E-state index contributed by atoms with van der Waals surface area (Å²) in [5, 5.41) is 6.94. The maximum Gasteiger partial charge on any atom is 0.223 e. The molecule has 3 rings (SSSR count). The number of aryl methyl sites for hydroxylation is 1. The zero-order chi connectivity index (χ0) is 14.8. The van der Waals surface area contributed by atoms with Crippen molar-refractivity contribution in [2.45, 2.75) is 26.3 Å². The molecule has 1 aromatic carbocycles. The van der Waals surface area contributed by atoms with E-state index in [1.165, 1.54) is 12.1 Å². The summed E-state index contributed by atoms with van der Waals surface area (Å²) in [7, 11) is 0. The molecule has 1 amide bonds. The molecule has 6 heteroatoms. The molecule has 0 radical (unpaired) electrons. The Bertz CT molecular complexity index is 665. The Hall–Kier alpha value is -1.59. The Morgan fingerprint density at radius 2 is 2.14 bits per heavy atom. The van der Waals surface area contributed by atoms with E-state index in [2.05, 4.69) is 10.6 Å². The van der Waals surface area contributed by atoms with Gasteiger partial charge in [0.1, 0.15) is 17.2 Å². The first-order valence-electron chi connectivity index (χ1n) is 7.31. The van der Waals surface area contributed by atoms with Crippen LogP contribution in [0.25, 0.3) is 11.0 Å². The molecule has 1 saturated heterocycles. The van der Waals surface area contributed by atoms with E-state index in [1.54, 1.807) is 6.07 Å². The van der Waals surface area contributed by atoms with Crippen LogP contribution in [-0.2, 0) is 11.3 Å². The smallest absolute Gasteiger partial charge is 0.223 e. The van der Waals surface area contributed by atoms with E-state index >= 15 is 0 Å². The van der Waals surface area contributed by atoms with Gasteiger partial charge in [-0.2, -0.15) is 0 Å². The van der Waals surface area contributed by atoms with Crippen molar-refractivity contribution >= 4 is 29.3 Å². The van der Waals surface area contributed by atoms with Gasteiger partial charge in [0.15, 0.2) is 0 Å². The summed E-state index contributed by atoms with van der Waals surface area (Å²) >= 11 is 0. The number of nitrogens with one attached hydrogen (secondary N) is 2. The number of furan rings is 1. The van der Waals surface area contributed by atoms with Gasteiger partial charge in [0.2, 0.25) is 5.91 Å². The minimum atomic E-state index is -0.281. The number of piperidine rings is 1.